The molecule has 1 saturated heterocycles. The lowest BCUT2D eigenvalue weighted by atomic mass is 10.1. The molecule has 0 radical (unpaired) electrons. The zero-order valence-corrected chi connectivity index (χ0v) is 25.1. The Labute approximate surface area is 231 Å². The summed E-state index contributed by atoms with van der Waals surface area (Å²) in [6.07, 6.45) is -0.855. The number of fused-ring (bicyclic) bond motifs is 1. The van der Waals surface area contributed by atoms with Crippen LogP contribution in [0.5, 0.6) is 0 Å². The third-order valence-corrected chi connectivity index (χ3v) is 8.78. The van der Waals surface area contributed by atoms with Crippen LogP contribution in [-0.4, -0.2) is 54.4 Å². The molecule has 12 heteroatoms. The number of aromatic nitrogens is 3. The SMILES string of the molecule is C[C@@H]1CN(c2cc(C(F)(F)F)cc(CNc3ccnc4c3c(Br)cn4COCC[Si](C)(C)C)n2)C[C@H](C)N1. The maximum Gasteiger partial charge on any atom is 0.416 e. The lowest BCUT2D eigenvalue weighted by Crippen LogP contribution is -2.54. The fraction of sp³-hybridized carbons (Fsp3) is 0.538. The van der Waals surface area contributed by atoms with Gasteiger partial charge in [0.1, 0.15) is 18.2 Å². The second-order valence-electron chi connectivity index (χ2n) is 11.3. The fourth-order valence-electron chi connectivity index (χ4n) is 4.64. The topological polar surface area (TPSA) is 67.2 Å². The third kappa shape index (κ3) is 7.28. The highest BCUT2D eigenvalue weighted by Gasteiger charge is 2.33. The molecule has 0 aromatic carbocycles. The predicted molar refractivity (Wildman–Crippen MR) is 152 cm³/mol. The fourth-order valence-corrected chi connectivity index (χ4v) is 6.04. The van der Waals surface area contributed by atoms with Crippen LogP contribution in [0.3, 0.4) is 0 Å². The molecule has 1 fully saturated rings. The molecule has 2 atom stereocenters. The summed E-state index contributed by atoms with van der Waals surface area (Å²) in [6, 6.07) is 5.47. The van der Waals surface area contributed by atoms with Crippen molar-refractivity contribution in [3.8, 4) is 0 Å². The summed E-state index contributed by atoms with van der Waals surface area (Å²) in [5.41, 5.74) is 1.12. The van der Waals surface area contributed by atoms with E-state index in [1.165, 1.54) is 0 Å². The van der Waals surface area contributed by atoms with Gasteiger partial charge in [-0.1, -0.05) is 19.6 Å². The first-order chi connectivity index (χ1) is 17.8. The molecule has 0 amide bonds. The van der Waals surface area contributed by atoms with Gasteiger partial charge in [-0.2, -0.15) is 13.2 Å². The van der Waals surface area contributed by atoms with Crippen LogP contribution >= 0.6 is 15.9 Å². The highest BCUT2D eigenvalue weighted by Crippen LogP contribution is 2.34. The van der Waals surface area contributed by atoms with Crippen LogP contribution < -0.4 is 15.5 Å². The second-order valence-corrected chi connectivity index (χ2v) is 17.8. The first kappa shape index (κ1) is 28.8. The standard InChI is InChI=1S/C26H36BrF3N6OSi/c1-17-13-35(14-18(2)33-17)23-11-19(26(28,29)30)10-20(34-23)12-32-22-6-7-31-25-24(22)21(27)15-36(25)16-37-8-9-38(3,4)5/h6-7,10-11,15,17-18,33H,8-9,12-14,16H2,1-5H3,(H,31,32)/t17-,18+. The van der Waals surface area contributed by atoms with Crippen molar-refractivity contribution in [3.63, 3.8) is 0 Å². The summed E-state index contributed by atoms with van der Waals surface area (Å²) in [5, 5.41) is 7.55. The molecule has 3 aromatic rings. The van der Waals surface area contributed by atoms with Crippen LogP contribution in [0.15, 0.2) is 35.1 Å². The van der Waals surface area contributed by atoms with Gasteiger partial charge in [-0.3, -0.25) is 0 Å². The second kappa shape index (κ2) is 11.5. The van der Waals surface area contributed by atoms with Crippen molar-refractivity contribution in [2.75, 3.05) is 29.9 Å². The number of nitrogens with one attached hydrogen (secondary N) is 2. The molecule has 0 saturated carbocycles. The summed E-state index contributed by atoms with van der Waals surface area (Å²) < 4.78 is 50.0. The van der Waals surface area contributed by atoms with E-state index >= 15 is 0 Å². The minimum Gasteiger partial charge on any atom is -0.379 e. The molecule has 2 N–H and O–H groups in total. The van der Waals surface area contributed by atoms with Gasteiger partial charge in [-0.25, -0.2) is 9.97 Å². The molecule has 0 bridgehead atoms. The molecular formula is C26H36BrF3N6OSi. The van der Waals surface area contributed by atoms with Crippen LogP contribution in [0.4, 0.5) is 24.7 Å². The van der Waals surface area contributed by atoms with Gasteiger partial charge < -0.3 is 24.8 Å². The summed E-state index contributed by atoms with van der Waals surface area (Å²) >= 11 is 3.62. The lowest BCUT2D eigenvalue weighted by molar-refractivity contribution is -0.137. The molecule has 7 nitrogen and oxygen atoms in total. The molecule has 4 heterocycles. The number of hydrogen-bond donors (Lipinski definition) is 2. The number of halogens is 4. The number of anilines is 2. The number of ether oxygens (including phenoxy) is 1. The number of piperazine rings is 1. The Morgan fingerprint density at radius 3 is 2.55 bits per heavy atom. The Bertz CT molecular complexity index is 1250. The van der Waals surface area contributed by atoms with Crippen LogP contribution in [-0.2, 0) is 24.2 Å². The molecule has 4 rings (SSSR count). The van der Waals surface area contributed by atoms with E-state index in [0.717, 1.165) is 39.4 Å². The van der Waals surface area contributed by atoms with E-state index in [1.807, 2.05) is 35.6 Å². The van der Waals surface area contributed by atoms with E-state index in [9.17, 15) is 13.2 Å². The number of hydrogen-bond acceptors (Lipinski definition) is 6. The molecule has 0 spiro atoms. The Morgan fingerprint density at radius 1 is 1.18 bits per heavy atom. The predicted octanol–water partition coefficient (Wildman–Crippen LogP) is 6.32. The van der Waals surface area contributed by atoms with E-state index in [4.69, 9.17) is 4.74 Å². The highest BCUT2D eigenvalue weighted by atomic mass is 79.9. The van der Waals surface area contributed by atoms with E-state index in [2.05, 4.69) is 56.2 Å². The molecule has 208 valence electrons. The Balaban J connectivity index is 1.55. The van der Waals surface area contributed by atoms with Gasteiger partial charge in [0.25, 0.3) is 0 Å². The smallest absolute Gasteiger partial charge is 0.379 e. The quantitative estimate of drug-likeness (QED) is 0.218. The zero-order chi connectivity index (χ0) is 27.7. The first-order valence-electron chi connectivity index (χ1n) is 12.8. The molecule has 1 aliphatic rings. The van der Waals surface area contributed by atoms with Crippen molar-refractivity contribution in [2.45, 2.75) is 71.1 Å². The third-order valence-electron chi connectivity index (χ3n) is 6.47. The average molecular weight is 614 g/mol. The van der Waals surface area contributed by atoms with Crippen molar-refractivity contribution in [3.05, 3.63) is 46.3 Å². The van der Waals surface area contributed by atoms with Gasteiger partial charge in [0.05, 0.1) is 23.2 Å². The number of nitrogens with zero attached hydrogens (tertiary/aromatic N) is 4. The average Bonchev–Trinajstić information content (AvgIpc) is 3.14. The van der Waals surface area contributed by atoms with Crippen LogP contribution in [0.25, 0.3) is 11.0 Å². The molecule has 1 aliphatic heterocycles. The van der Waals surface area contributed by atoms with Crippen molar-refractivity contribution in [2.24, 2.45) is 0 Å². The maximum absolute atomic E-state index is 13.8. The Morgan fingerprint density at radius 2 is 1.89 bits per heavy atom. The van der Waals surface area contributed by atoms with E-state index < -0.39 is 19.8 Å². The molecule has 0 aliphatic carbocycles. The largest absolute Gasteiger partial charge is 0.416 e. The van der Waals surface area contributed by atoms with Crippen molar-refractivity contribution in [1.82, 2.24) is 19.9 Å². The lowest BCUT2D eigenvalue weighted by Gasteiger charge is -2.37. The van der Waals surface area contributed by atoms with Crippen molar-refractivity contribution < 1.29 is 17.9 Å². The zero-order valence-electron chi connectivity index (χ0n) is 22.5. The normalized spacial score (nSPS) is 18.8. The summed E-state index contributed by atoms with van der Waals surface area (Å²) in [4.78, 5) is 11.1. The molecule has 38 heavy (non-hydrogen) atoms. The van der Waals surface area contributed by atoms with Gasteiger partial charge in [-0.15, -0.1) is 0 Å². The van der Waals surface area contributed by atoms with Gasteiger partial charge >= 0.3 is 6.18 Å². The monoisotopic (exact) mass is 612 g/mol. The van der Waals surface area contributed by atoms with Gasteiger partial charge in [0.2, 0.25) is 0 Å². The summed E-state index contributed by atoms with van der Waals surface area (Å²) in [6.45, 7) is 13.4. The maximum atomic E-state index is 13.8. The molecule has 0 unspecified atom stereocenters. The van der Waals surface area contributed by atoms with Crippen molar-refractivity contribution >= 4 is 46.5 Å². The Kier molecular flexibility index (Phi) is 8.75. The van der Waals surface area contributed by atoms with Gasteiger partial charge in [0.15, 0.2) is 0 Å². The van der Waals surface area contributed by atoms with Crippen LogP contribution in [0.1, 0.15) is 25.1 Å². The van der Waals surface area contributed by atoms with E-state index in [1.54, 1.807) is 6.20 Å². The highest BCUT2D eigenvalue weighted by molar-refractivity contribution is 9.10. The number of pyridine rings is 2. The molecular weight excluding hydrogens is 577 g/mol. The summed E-state index contributed by atoms with van der Waals surface area (Å²) in [7, 11) is -1.19. The molecule has 3 aromatic heterocycles. The Hall–Kier alpha value is -2.15. The van der Waals surface area contributed by atoms with Crippen LogP contribution in [0, 0.1) is 0 Å². The minimum absolute atomic E-state index is 0.136. The van der Waals surface area contributed by atoms with Crippen LogP contribution in [0.2, 0.25) is 25.7 Å². The van der Waals surface area contributed by atoms with E-state index in [0.29, 0.717) is 37.9 Å². The van der Waals surface area contributed by atoms with Crippen molar-refractivity contribution in [1.29, 1.82) is 0 Å². The first-order valence-corrected chi connectivity index (χ1v) is 17.3. The minimum atomic E-state index is -4.46. The summed E-state index contributed by atoms with van der Waals surface area (Å²) in [5.74, 6) is 0.347. The number of alkyl halides is 3. The van der Waals surface area contributed by atoms with Gasteiger partial charge in [0, 0.05) is 62.4 Å². The van der Waals surface area contributed by atoms with Gasteiger partial charge in [-0.05, 0) is 54.0 Å². The van der Waals surface area contributed by atoms with E-state index in [-0.39, 0.29) is 18.6 Å². The number of rotatable bonds is 9.